The zero-order chi connectivity index (χ0) is 10.8. The van der Waals surface area contributed by atoms with Gasteiger partial charge in [-0.15, -0.1) is 0 Å². The quantitative estimate of drug-likeness (QED) is 0.580. The number of hydrogen-bond donors (Lipinski definition) is 2. The van der Waals surface area contributed by atoms with E-state index >= 15 is 0 Å². The van der Waals surface area contributed by atoms with Crippen LogP contribution in [0.15, 0.2) is 0 Å². The van der Waals surface area contributed by atoms with Crippen molar-refractivity contribution in [3.8, 4) is 0 Å². The molecule has 0 aliphatic rings. The molecule has 0 aromatic carbocycles. The lowest BCUT2D eigenvalue weighted by molar-refractivity contribution is 0.176. The van der Waals surface area contributed by atoms with Crippen molar-refractivity contribution >= 4 is 12.6 Å². The van der Waals surface area contributed by atoms with Gasteiger partial charge in [0, 0.05) is 13.1 Å². The van der Waals surface area contributed by atoms with Crippen LogP contribution in [0.5, 0.6) is 0 Å². The van der Waals surface area contributed by atoms with Gasteiger partial charge >= 0.3 is 0 Å². The summed E-state index contributed by atoms with van der Waals surface area (Å²) in [5, 5.41) is 8.93. The van der Waals surface area contributed by atoms with Crippen LogP contribution in [0.3, 0.4) is 0 Å². The third-order valence-corrected chi connectivity index (χ3v) is 3.11. The van der Waals surface area contributed by atoms with E-state index in [1.165, 1.54) is 19.3 Å². The Balaban J connectivity index is 3.80. The smallest absolute Gasteiger partial charge is 0.0558 e. The Morgan fingerprint density at radius 1 is 1.29 bits per heavy atom. The van der Waals surface area contributed by atoms with Crippen LogP contribution in [-0.2, 0) is 0 Å². The molecular formula is C11H25NOS. The molecule has 0 aliphatic carbocycles. The number of rotatable bonds is 9. The van der Waals surface area contributed by atoms with Gasteiger partial charge in [-0.05, 0) is 24.6 Å². The molecule has 0 heterocycles. The van der Waals surface area contributed by atoms with Crippen LogP contribution < -0.4 is 0 Å². The predicted molar refractivity (Wildman–Crippen MR) is 66.1 cm³/mol. The van der Waals surface area contributed by atoms with Crippen molar-refractivity contribution in [2.24, 2.45) is 5.92 Å². The first-order valence-electron chi connectivity index (χ1n) is 5.72. The Morgan fingerprint density at radius 3 is 2.43 bits per heavy atom. The minimum atomic E-state index is 0.271. The molecular weight excluding hydrogens is 194 g/mol. The van der Waals surface area contributed by atoms with Crippen molar-refractivity contribution in [2.45, 2.75) is 33.1 Å². The molecule has 0 spiro atoms. The summed E-state index contributed by atoms with van der Waals surface area (Å²) in [6, 6.07) is 0. The fraction of sp³-hybridized carbons (Fsp3) is 1.00. The van der Waals surface area contributed by atoms with Crippen molar-refractivity contribution < 1.29 is 5.11 Å². The molecule has 2 nitrogen and oxygen atoms in total. The van der Waals surface area contributed by atoms with E-state index in [0.717, 1.165) is 25.4 Å². The van der Waals surface area contributed by atoms with Gasteiger partial charge in [0.05, 0.1) is 6.61 Å². The monoisotopic (exact) mass is 219 g/mol. The molecule has 3 heteroatoms. The fourth-order valence-electron chi connectivity index (χ4n) is 1.50. The number of aliphatic hydroxyl groups is 1. The lowest BCUT2D eigenvalue weighted by Gasteiger charge is -2.25. The number of unbranched alkanes of at least 4 members (excludes halogenated alkanes) is 1. The predicted octanol–water partition coefficient (Wildman–Crippen LogP) is 2.04. The summed E-state index contributed by atoms with van der Waals surface area (Å²) in [4.78, 5) is 2.36. The minimum Gasteiger partial charge on any atom is -0.395 e. The van der Waals surface area contributed by atoms with E-state index in [4.69, 9.17) is 5.11 Å². The lowest BCUT2D eigenvalue weighted by Crippen LogP contribution is -2.33. The summed E-state index contributed by atoms with van der Waals surface area (Å²) < 4.78 is 0. The molecule has 0 aromatic rings. The topological polar surface area (TPSA) is 23.5 Å². The van der Waals surface area contributed by atoms with Crippen LogP contribution in [0, 0.1) is 5.92 Å². The van der Waals surface area contributed by atoms with E-state index in [1.54, 1.807) is 0 Å². The summed E-state index contributed by atoms with van der Waals surface area (Å²) in [6.07, 6.45) is 3.63. The van der Waals surface area contributed by atoms with Crippen molar-refractivity contribution in [1.29, 1.82) is 0 Å². The average Bonchev–Trinajstić information content (AvgIpc) is 2.22. The van der Waals surface area contributed by atoms with Crippen molar-refractivity contribution in [3.63, 3.8) is 0 Å². The molecule has 0 saturated heterocycles. The molecule has 0 saturated carbocycles. The van der Waals surface area contributed by atoms with E-state index in [0.29, 0.717) is 5.92 Å². The third kappa shape index (κ3) is 6.68. The maximum Gasteiger partial charge on any atom is 0.0558 e. The standard InChI is InChI=1S/C11H25NOS/c1-3-5-6-12(7-8-13)9-11(4-2)10-14/h11,13-14H,3-10H2,1-2H3. The van der Waals surface area contributed by atoms with Crippen LogP contribution in [0.1, 0.15) is 33.1 Å². The maximum absolute atomic E-state index is 8.93. The van der Waals surface area contributed by atoms with Gasteiger partial charge in [-0.3, -0.25) is 0 Å². The van der Waals surface area contributed by atoms with Crippen LogP contribution in [-0.4, -0.2) is 42.0 Å². The van der Waals surface area contributed by atoms with Crippen LogP contribution in [0.2, 0.25) is 0 Å². The molecule has 0 aromatic heterocycles. The number of aliphatic hydroxyl groups excluding tert-OH is 1. The maximum atomic E-state index is 8.93. The molecule has 0 aliphatic heterocycles. The number of thiol groups is 1. The van der Waals surface area contributed by atoms with Gasteiger partial charge in [-0.2, -0.15) is 12.6 Å². The first kappa shape index (κ1) is 14.3. The summed E-state index contributed by atoms with van der Waals surface area (Å²) >= 11 is 4.34. The molecule has 0 radical (unpaired) electrons. The highest BCUT2D eigenvalue weighted by Crippen LogP contribution is 2.08. The van der Waals surface area contributed by atoms with E-state index in [1.807, 2.05) is 0 Å². The van der Waals surface area contributed by atoms with Crippen LogP contribution in [0.4, 0.5) is 0 Å². The largest absolute Gasteiger partial charge is 0.395 e. The SMILES string of the molecule is CCCCN(CCO)CC(CC)CS. The normalized spacial score (nSPS) is 13.5. The molecule has 0 rings (SSSR count). The Kier molecular flexibility index (Phi) is 10.0. The second-order valence-corrected chi connectivity index (χ2v) is 4.20. The van der Waals surface area contributed by atoms with Crippen molar-refractivity contribution in [2.75, 3.05) is 32.0 Å². The molecule has 0 amide bonds. The van der Waals surface area contributed by atoms with Crippen molar-refractivity contribution in [3.05, 3.63) is 0 Å². The van der Waals surface area contributed by atoms with E-state index in [-0.39, 0.29) is 6.61 Å². The Morgan fingerprint density at radius 2 is 2.00 bits per heavy atom. The van der Waals surface area contributed by atoms with Crippen LogP contribution in [0.25, 0.3) is 0 Å². The third-order valence-electron chi connectivity index (χ3n) is 2.60. The van der Waals surface area contributed by atoms with Gasteiger partial charge in [-0.25, -0.2) is 0 Å². The molecule has 0 fully saturated rings. The van der Waals surface area contributed by atoms with Gasteiger partial charge in [0.15, 0.2) is 0 Å². The zero-order valence-corrected chi connectivity index (χ0v) is 10.5. The van der Waals surface area contributed by atoms with Crippen LogP contribution >= 0.6 is 12.6 Å². The highest BCUT2D eigenvalue weighted by atomic mass is 32.1. The highest BCUT2D eigenvalue weighted by Gasteiger charge is 2.10. The zero-order valence-electron chi connectivity index (χ0n) is 9.58. The molecule has 1 N–H and O–H groups in total. The molecule has 1 atom stereocenters. The van der Waals surface area contributed by atoms with Gasteiger partial charge < -0.3 is 10.0 Å². The molecule has 14 heavy (non-hydrogen) atoms. The van der Waals surface area contributed by atoms with E-state index in [9.17, 15) is 0 Å². The minimum absolute atomic E-state index is 0.271. The number of hydrogen-bond acceptors (Lipinski definition) is 3. The van der Waals surface area contributed by atoms with E-state index in [2.05, 4.69) is 31.4 Å². The van der Waals surface area contributed by atoms with Gasteiger partial charge in [0.25, 0.3) is 0 Å². The highest BCUT2D eigenvalue weighted by molar-refractivity contribution is 7.80. The van der Waals surface area contributed by atoms with E-state index < -0.39 is 0 Å². The first-order chi connectivity index (χ1) is 6.78. The second kappa shape index (κ2) is 9.81. The molecule has 0 bridgehead atoms. The molecule has 1 unspecified atom stereocenters. The fourth-order valence-corrected chi connectivity index (χ4v) is 1.87. The van der Waals surface area contributed by atoms with Gasteiger partial charge in [0.1, 0.15) is 0 Å². The van der Waals surface area contributed by atoms with Crippen molar-refractivity contribution in [1.82, 2.24) is 4.90 Å². The summed E-state index contributed by atoms with van der Waals surface area (Å²) in [7, 11) is 0. The lowest BCUT2D eigenvalue weighted by atomic mass is 10.1. The second-order valence-electron chi connectivity index (χ2n) is 3.83. The first-order valence-corrected chi connectivity index (χ1v) is 6.35. The van der Waals surface area contributed by atoms with Gasteiger partial charge in [0.2, 0.25) is 0 Å². The Bertz CT molecular complexity index is 118. The van der Waals surface area contributed by atoms with Gasteiger partial charge in [-0.1, -0.05) is 26.7 Å². The summed E-state index contributed by atoms with van der Waals surface area (Å²) in [5.74, 6) is 1.62. The number of nitrogens with zero attached hydrogens (tertiary/aromatic N) is 1. The molecule has 86 valence electrons. The summed E-state index contributed by atoms with van der Waals surface area (Å²) in [6.45, 7) is 7.68. The Hall–Kier alpha value is 0.270. The average molecular weight is 219 g/mol. The summed E-state index contributed by atoms with van der Waals surface area (Å²) in [5.41, 5.74) is 0. The Labute approximate surface area is 94.1 Å².